The molecule has 0 bridgehead atoms. The van der Waals surface area contributed by atoms with Gasteiger partial charge in [0, 0.05) is 17.6 Å². The van der Waals surface area contributed by atoms with Gasteiger partial charge in [0.15, 0.2) is 0 Å². The van der Waals surface area contributed by atoms with Crippen LogP contribution in [0.1, 0.15) is 43.5 Å². The van der Waals surface area contributed by atoms with Gasteiger partial charge in [-0.25, -0.2) is 0 Å². The molecule has 7 heteroatoms. The third-order valence-electron chi connectivity index (χ3n) is 5.60. The zero-order valence-corrected chi connectivity index (χ0v) is 20.1. The largest absolute Gasteiger partial charge is 0.501 e. The molecule has 180 valence electrons. The van der Waals surface area contributed by atoms with Crippen molar-refractivity contribution in [3.63, 3.8) is 0 Å². The van der Waals surface area contributed by atoms with E-state index >= 15 is 0 Å². The summed E-state index contributed by atoms with van der Waals surface area (Å²) in [7, 11) is 3.20. The molecule has 1 unspecified atom stereocenters. The maximum Gasteiger partial charge on any atom is 0.259 e. The minimum absolute atomic E-state index is 0.117. The Morgan fingerprint density at radius 1 is 0.971 bits per heavy atom. The number of para-hydroxylation sites is 2. The Bertz CT molecular complexity index is 1090. The summed E-state index contributed by atoms with van der Waals surface area (Å²) in [5.74, 6) is 1.47. The quantitative estimate of drug-likeness (QED) is 0.450. The van der Waals surface area contributed by atoms with Gasteiger partial charge >= 0.3 is 0 Å². The van der Waals surface area contributed by atoms with Crippen molar-refractivity contribution in [3.8, 4) is 11.5 Å². The maximum atomic E-state index is 13.1. The van der Waals surface area contributed by atoms with Crippen molar-refractivity contribution in [2.24, 2.45) is 5.92 Å². The molecule has 0 aliphatic heterocycles. The SMILES string of the molecule is CCCCOc1cc(OC)ccc1C(=O)Nc1ccccc1NC(=O)C1=CC=C(OC)C(C)C1. The second kappa shape index (κ2) is 11.9. The van der Waals surface area contributed by atoms with Crippen molar-refractivity contribution in [3.05, 3.63) is 71.5 Å². The molecule has 0 radical (unpaired) electrons. The number of anilines is 2. The Balaban J connectivity index is 1.78. The molecular weight excluding hydrogens is 432 g/mol. The maximum absolute atomic E-state index is 13.1. The van der Waals surface area contributed by atoms with E-state index in [1.165, 1.54) is 0 Å². The van der Waals surface area contributed by atoms with Crippen LogP contribution in [0.4, 0.5) is 11.4 Å². The lowest BCUT2D eigenvalue weighted by Gasteiger charge is -2.20. The molecule has 7 nitrogen and oxygen atoms in total. The van der Waals surface area contributed by atoms with E-state index in [1.807, 2.05) is 13.0 Å². The molecule has 0 saturated heterocycles. The predicted molar refractivity (Wildman–Crippen MR) is 133 cm³/mol. The van der Waals surface area contributed by atoms with Gasteiger partial charge in [-0.05, 0) is 43.2 Å². The number of allylic oxidation sites excluding steroid dienone is 3. The van der Waals surface area contributed by atoms with Crippen molar-refractivity contribution in [2.45, 2.75) is 33.1 Å². The number of amides is 2. The summed E-state index contributed by atoms with van der Waals surface area (Å²) in [6, 6.07) is 12.2. The van der Waals surface area contributed by atoms with E-state index in [1.54, 1.807) is 62.8 Å². The molecular formula is C27H32N2O5. The van der Waals surface area contributed by atoms with E-state index < -0.39 is 0 Å². The Kier molecular flexibility index (Phi) is 8.73. The minimum Gasteiger partial charge on any atom is -0.501 e. The number of hydrogen-bond donors (Lipinski definition) is 2. The molecule has 0 heterocycles. The van der Waals surface area contributed by atoms with Crippen molar-refractivity contribution in [1.29, 1.82) is 0 Å². The van der Waals surface area contributed by atoms with Crippen molar-refractivity contribution >= 4 is 23.2 Å². The summed E-state index contributed by atoms with van der Waals surface area (Å²) in [6.07, 6.45) is 6.02. The van der Waals surface area contributed by atoms with E-state index in [-0.39, 0.29) is 17.7 Å². The summed E-state index contributed by atoms with van der Waals surface area (Å²) in [6.45, 7) is 4.59. The molecule has 3 rings (SSSR count). The smallest absolute Gasteiger partial charge is 0.259 e. The molecule has 0 aromatic heterocycles. The van der Waals surface area contributed by atoms with E-state index in [0.29, 0.717) is 47.0 Å². The lowest BCUT2D eigenvalue weighted by atomic mass is 9.93. The molecule has 0 spiro atoms. The third-order valence-corrected chi connectivity index (χ3v) is 5.60. The first-order valence-electron chi connectivity index (χ1n) is 11.4. The molecule has 2 aromatic carbocycles. The van der Waals surface area contributed by atoms with Crippen molar-refractivity contribution in [1.82, 2.24) is 0 Å². The first kappa shape index (κ1) is 24.9. The summed E-state index contributed by atoms with van der Waals surface area (Å²) in [5.41, 5.74) is 2.04. The highest BCUT2D eigenvalue weighted by Crippen LogP contribution is 2.30. The molecule has 2 aromatic rings. The monoisotopic (exact) mass is 464 g/mol. The highest BCUT2D eigenvalue weighted by atomic mass is 16.5. The lowest BCUT2D eigenvalue weighted by Crippen LogP contribution is -2.21. The van der Waals surface area contributed by atoms with Gasteiger partial charge < -0.3 is 24.8 Å². The summed E-state index contributed by atoms with van der Waals surface area (Å²) in [4.78, 5) is 26.0. The molecule has 34 heavy (non-hydrogen) atoms. The zero-order chi connectivity index (χ0) is 24.5. The number of unbranched alkanes of at least 4 members (excludes halogenated alkanes) is 1. The molecule has 1 aliphatic rings. The van der Waals surface area contributed by atoms with Gasteiger partial charge in [0.25, 0.3) is 11.8 Å². The molecule has 0 fully saturated rings. The van der Waals surface area contributed by atoms with Gasteiger partial charge in [-0.15, -0.1) is 0 Å². The topological polar surface area (TPSA) is 85.9 Å². The van der Waals surface area contributed by atoms with Gasteiger partial charge in [-0.3, -0.25) is 9.59 Å². The highest BCUT2D eigenvalue weighted by molar-refractivity contribution is 6.10. The second-order valence-electron chi connectivity index (χ2n) is 8.09. The van der Waals surface area contributed by atoms with Crippen molar-refractivity contribution < 1.29 is 23.8 Å². The standard InChI is InChI=1S/C27H32N2O5/c1-5-6-15-34-25-17-20(32-3)12-13-21(25)27(31)29-23-10-8-7-9-22(23)28-26(30)19-11-14-24(33-4)18(2)16-19/h7-14,17-18H,5-6,15-16H2,1-4H3,(H,28,30)(H,29,31). The van der Waals surface area contributed by atoms with Crippen LogP contribution in [0.5, 0.6) is 11.5 Å². The predicted octanol–water partition coefficient (Wildman–Crippen LogP) is 5.56. The van der Waals surface area contributed by atoms with Crippen LogP contribution in [0.25, 0.3) is 0 Å². The van der Waals surface area contributed by atoms with E-state index in [0.717, 1.165) is 18.6 Å². The first-order chi connectivity index (χ1) is 16.5. The number of methoxy groups -OCH3 is 2. The van der Waals surface area contributed by atoms with Crippen LogP contribution < -0.4 is 20.1 Å². The Morgan fingerprint density at radius 3 is 2.29 bits per heavy atom. The fraction of sp³-hybridized carbons (Fsp3) is 0.333. The molecule has 1 atom stereocenters. The summed E-state index contributed by atoms with van der Waals surface area (Å²) < 4.78 is 16.5. The zero-order valence-electron chi connectivity index (χ0n) is 20.1. The molecule has 0 saturated carbocycles. The Hall–Kier alpha value is -3.74. The minimum atomic E-state index is -0.339. The first-order valence-corrected chi connectivity index (χ1v) is 11.4. The third kappa shape index (κ3) is 6.19. The number of hydrogen-bond acceptors (Lipinski definition) is 5. The van der Waals surface area contributed by atoms with Gasteiger partial charge in [0.2, 0.25) is 0 Å². The molecule has 1 aliphatic carbocycles. The van der Waals surface area contributed by atoms with Crippen LogP contribution in [0.3, 0.4) is 0 Å². The molecule has 2 amide bonds. The highest BCUT2D eigenvalue weighted by Gasteiger charge is 2.21. The van der Waals surface area contributed by atoms with Crippen LogP contribution in [0, 0.1) is 5.92 Å². The van der Waals surface area contributed by atoms with Crippen molar-refractivity contribution in [2.75, 3.05) is 31.5 Å². The van der Waals surface area contributed by atoms with Gasteiger partial charge in [-0.1, -0.05) is 38.5 Å². The van der Waals surface area contributed by atoms with Crippen LogP contribution in [0.2, 0.25) is 0 Å². The molecule has 2 N–H and O–H groups in total. The number of benzene rings is 2. The van der Waals surface area contributed by atoms with E-state index in [9.17, 15) is 9.59 Å². The Labute approximate surface area is 200 Å². The fourth-order valence-electron chi connectivity index (χ4n) is 3.64. The average Bonchev–Trinajstić information content (AvgIpc) is 2.85. The summed E-state index contributed by atoms with van der Waals surface area (Å²) in [5, 5.41) is 5.82. The number of carbonyl (C=O) groups excluding carboxylic acids is 2. The van der Waals surface area contributed by atoms with Crippen LogP contribution >= 0.6 is 0 Å². The Morgan fingerprint density at radius 2 is 1.68 bits per heavy atom. The van der Waals surface area contributed by atoms with E-state index in [2.05, 4.69) is 17.6 Å². The number of carbonyl (C=O) groups is 2. The number of rotatable bonds is 10. The van der Waals surface area contributed by atoms with Crippen LogP contribution in [-0.2, 0) is 9.53 Å². The van der Waals surface area contributed by atoms with Gasteiger partial charge in [-0.2, -0.15) is 0 Å². The van der Waals surface area contributed by atoms with E-state index in [4.69, 9.17) is 14.2 Å². The second-order valence-corrected chi connectivity index (χ2v) is 8.09. The van der Waals surface area contributed by atoms with Gasteiger partial charge in [0.05, 0.1) is 43.5 Å². The summed E-state index contributed by atoms with van der Waals surface area (Å²) >= 11 is 0. The fourth-order valence-corrected chi connectivity index (χ4v) is 3.64. The average molecular weight is 465 g/mol. The van der Waals surface area contributed by atoms with Gasteiger partial charge in [0.1, 0.15) is 11.5 Å². The lowest BCUT2D eigenvalue weighted by molar-refractivity contribution is -0.113. The van der Waals surface area contributed by atoms with Crippen LogP contribution in [-0.4, -0.2) is 32.6 Å². The normalized spacial score (nSPS) is 15.0. The van der Waals surface area contributed by atoms with Crippen LogP contribution in [0.15, 0.2) is 65.9 Å². The number of ether oxygens (including phenoxy) is 3. The number of nitrogens with one attached hydrogen (secondary N) is 2.